The minimum Gasteiger partial charge on any atom is -0.491 e. The number of nitrogens with one attached hydrogen (secondary N) is 3. The molecule has 29 heavy (non-hydrogen) atoms. The van der Waals surface area contributed by atoms with Gasteiger partial charge in [0, 0.05) is 18.5 Å². The molecule has 152 valence electrons. The van der Waals surface area contributed by atoms with Crippen LogP contribution in [-0.2, 0) is 9.59 Å². The summed E-state index contributed by atoms with van der Waals surface area (Å²) in [6.45, 7) is 4.22. The fourth-order valence-electron chi connectivity index (χ4n) is 2.07. The number of thiazole rings is 1. The van der Waals surface area contributed by atoms with Crippen LogP contribution in [-0.4, -0.2) is 33.4 Å². The molecule has 2 heterocycles. The van der Waals surface area contributed by atoms with Crippen molar-refractivity contribution in [2.24, 2.45) is 5.92 Å². The number of anilines is 2. The van der Waals surface area contributed by atoms with Crippen LogP contribution in [0.1, 0.15) is 13.8 Å². The summed E-state index contributed by atoms with van der Waals surface area (Å²) >= 11 is 2.55. The number of imidazole rings is 1. The number of halogens is 1. The van der Waals surface area contributed by atoms with E-state index < -0.39 is 17.6 Å². The molecule has 1 aromatic carbocycles. The van der Waals surface area contributed by atoms with E-state index in [2.05, 4.69) is 25.6 Å². The van der Waals surface area contributed by atoms with Gasteiger partial charge < -0.3 is 15.0 Å². The topological polar surface area (TPSA) is 109 Å². The van der Waals surface area contributed by atoms with Crippen molar-refractivity contribution in [2.45, 2.75) is 23.2 Å². The van der Waals surface area contributed by atoms with Gasteiger partial charge in [0.25, 0.3) is 0 Å². The predicted octanol–water partition coefficient (Wildman–Crippen LogP) is 3.77. The van der Waals surface area contributed by atoms with E-state index in [0.717, 1.165) is 10.3 Å². The van der Waals surface area contributed by atoms with Crippen molar-refractivity contribution in [3.8, 4) is 5.75 Å². The lowest BCUT2D eigenvalue weighted by Crippen LogP contribution is -2.29. The first-order valence-electron chi connectivity index (χ1n) is 8.58. The summed E-state index contributed by atoms with van der Waals surface area (Å²) in [4.78, 5) is 35.5. The van der Waals surface area contributed by atoms with Gasteiger partial charge in [0.1, 0.15) is 11.6 Å². The Bertz CT molecular complexity index is 991. The maximum Gasteiger partial charge on any atom is 0.315 e. The third kappa shape index (κ3) is 6.03. The summed E-state index contributed by atoms with van der Waals surface area (Å²) in [6, 6.07) is 3.68. The molecule has 0 atom stereocenters. The number of aromatic nitrogens is 3. The van der Waals surface area contributed by atoms with E-state index in [9.17, 15) is 14.0 Å². The fourth-order valence-corrected chi connectivity index (χ4v) is 3.80. The van der Waals surface area contributed by atoms with Gasteiger partial charge in [-0.25, -0.2) is 14.4 Å². The van der Waals surface area contributed by atoms with Crippen molar-refractivity contribution < 1.29 is 18.7 Å². The first kappa shape index (κ1) is 20.8. The number of benzene rings is 1. The fraction of sp³-hybridized carbons (Fsp3) is 0.222. The van der Waals surface area contributed by atoms with Gasteiger partial charge in [0.2, 0.25) is 0 Å². The summed E-state index contributed by atoms with van der Waals surface area (Å²) in [5.41, 5.74) is 0.209. The quantitative estimate of drug-likeness (QED) is 0.488. The molecule has 2 aromatic heterocycles. The zero-order valence-corrected chi connectivity index (χ0v) is 17.2. The largest absolute Gasteiger partial charge is 0.491 e. The molecule has 3 N–H and O–H groups in total. The molecular formula is C18H18FN5O3S2. The zero-order valence-electron chi connectivity index (χ0n) is 15.6. The second-order valence-electron chi connectivity index (χ2n) is 6.23. The van der Waals surface area contributed by atoms with Crippen molar-refractivity contribution in [1.82, 2.24) is 15.0 Å². The SMILES string of the molecule is CC(C)COc1cc(F)ccc1NC(=O)C(=O)Nc1ncc(Sc2ncc[nH]2)s1. The molecule has 0 aliphatic rings. The lowest BCUT2D eigenvalue weighted by atomic mass is 10.2. The molecule has 0 saturated heterocycles. The molecule has 3 aromatic rings. The second-order valence-corrected chi connectivity index (χ2v) is 8.55. The molecule has 0 fully saturated rings. The van der Waals surface area contributed by atoms with E-state index in [4.69, 9.17) is 4.74 Å². The monoisotopic (exact) mass is 435 g/mol. The van der Waals surface area contributed by atoms with Crippen molar-refractivity contribution in [1.29, 1.82) is 0 Å². The van der Waals surface area contributed by atoms with E-state index in [1.54, 1.807) is 18.6 Å². The Labute approximate surface area is 174 Å². The molecule has 0 bridgehead atoms. The van der Waals surface area contributed by atoms with Gasteiger partial charge >= 0.3 is 11.8 Å². The van der Waals surface area contributed by atoms with Crippen molar-refractivity contribution in [2.75, 3.05) is 17.2 Å². The first-order valence-corrected chi connectivity index (χ1v) is 10.2. The molecule has 8 nitrogen and oxygen atoms in total. The average Bonchev–Trinajstić information content (AvgIpc) is 3.34. The van der Waals surface area contributed by atoms with Gasteiger partial charge in [-0.05, 0) is 29.8 Å². The molecule has 11 heteroatoms. The zero-order chi connectivity index (χ0) is 20.8. The van der Waals surface area contributed by atoms with E-state index in [1.807, 2.05) is 13.8 Å². The Kier molecular flexibility index (Phi) is 6.83. The maximum absolute atomic E-state index is 13.5. The summed E-state index contributed by atoms with van der Waals surface area (Å²) in [6.07, 6.45) is 4.90. The molecule has 3 rings (SSSR count). The first-order chi connectivity index (χ1) is 13.9. The highest BCUT2D eigenvalue weighted by atomic mass is 32.2. The molecule has 2 amide bonds. The summed E-state index contributed by atoms with van der Waals surface area (Å²) in [7, 11) is 0. The van der Waals surface area contributed by atoms with Gasteiger partial charge in [0.15, 0.2) is 10.3 Å². The van der Waals surface area contributed by atoms with Gasteiger partial charge in [-0.2, -0.15) is 0 Å². The van der Waals surface area contributed by atoms with Crippen LogP contribution in [0.5, 0.6) is 5.75 Å². The molecular weight excluding hydrogens is 417 g/mol. The molecule has 0 saturated carbocycles. The van der Waals surface area contributed by atoms with Crippen LogP contribution < -0.4 is 15.4 Å². The Morgan fingerprint density at radius 2 is 2.07 bits per heavy atom. The Balaban J connectivity index is 1.61. The van der Waals surface area contributed by atoms with E-state index in [1.165, 1.54) is 35.2 Å². The number of hydrogen-bond donors (Lipinski definition) is 3. The standard InChI is InChI=1S/C18H18FN5O3S2/c1-10(2)9-27-13-7-11(19)3-4-12(13)23-15(25)16(26)24-18-22-8-14(29-18)28-17-20-5-6-21-17/h3-8,10H,9H2,1-2H3,(H,20,21)(H,23,25)(H,22,24,26). The van der Waals surface area contributed by atoms with Crippen LogP contribution >= 0.6 is 23.1 Å². The number of rotatable bonds is 7. The number of amides is 2. The van der Waals surface area contributed by atoms with Crippen molar-refractivity contribution in [3.63, 3.8) is 0 Å². The van der Waals surface area contributed by atoms with E-state index in [0.29, 0.717) is 11.8 Å². The van der Waals surface area contributed by atoms with Crippen LogP contribution in [0.3, 0.4) is 0 Å². The van der Waals surface area contributed by atoms with Gasteiger partial charge in [0.05, 0.1) is 22.7 Å². The average molecular weight is 436 g/mol. The lowest BCUT2D eigenvalue weighted by Gasteiger charge is -2.13. The van der Waals surface area contributed by atoms with E-state index >= 15 is 0 Å². The van der Waals surface area contributed by atoms with Crippen LogP contribution in [0.15, 0.2) is 46.2 Å². The van der Waals surface area contributed by atoms with Crippen LogP contribution in [0.25, 0.3) is 0 Å². The molecule has 0 spiro atoms. The summed E-state index contributed by atoms with van der Waals surface area (Å²) in [5.74, 6) is -1.94. The Morgan fingerprint density at radius 1 is 1.28 bits per heavy atom. The molecule has 0 unspecified atom stereocenters. The lowest BCUT2D eigenvalue weighted by molar-refractivity contribution is -0.133. The maximum atomic E-state index is 13.5. The highest BCUT2D eigenvalue weighted by Crippen LogP contribution is 2.32. The Hall–Kier alpha value is -2.92. The van der Waals surface area contributed by atoms with Crippen molar-refractivity contribution >= 4 is 45.7 Å². The third-order valence-electron chi connectivity index (χ3n) is 3.35. The number of H-pyrrole nitrogens is 1. The normalized spacial score (nSPS) is 10.8. The number of aromatic amines is 1. The Morgan fingerprint density at radius 3 is 2.79 bits per heavy atom. The van der Waals surface area contributed by atoms with Gasteiger partial charge in [-0.15, -0.1) is 0 Å². The molecule has 0 radical (unpaired) electrons. The van der Waals surface area contributed by atoms with Crippen LogP contribution in [0, 0.1) is 11.7 Å². The smallest absolute Gasteiger partial charge is 0.315 e. The van der Waals surface area contributed by atoms with Gasteiger partial charge in [-0.1, -0.05) is 25.2 Å². The van der Waals surface area contributed by atoms with E-state index in [-0.39, 0.29) is 22.5 Å². The minimum absolute atomic E-state index is 0.159. The minimum atomic E-state index is -0.915. The number of carbonyl (C=O) groups excluding carboxylic acids is 2. The number of hydrogen-bond acceptors (Lipinski definition) is 7. The number of ether oxygens (including phenoxy) is 1. The van der Waals surface area contributed by atoms with Crippen molar-refractivity contribution in [3.05, 3.63) is 42.6 Å². The summed E-state index contributed by atoms with van der Waals surface area (Å²) < 4.78 is 19.8. The number of carbonyl (C=O) groups is 2. The van der Waals surface area contributed by atoms with Crippen LogP contribution in [0.2, 0.25) is 0 Å². The predicted molar refractivity (Wildman–Crippen MR) is 109 cm³/mol. The highest BCUT2D eigenvalue weighted by Gasteiger charge is 2.18. The number of nitrogens with zero attached hydrogens (tertiary/aromatic N) is 2. The molecule has 0 aliphatic heterocycles. The second kappa shape index (κ2) is 9.52. The van der Waals surface area contributed by atoms with Gasteiger partial charge in [-0.3, -0.25) is 14.9 Å². The van der Waals surface area contributed by atoms with Crippen LogP contribution in [0.4, 0.5) is 15.2 Å². The molecule has 0 aliphatic carbocycles. The highest BCUT2D eigenvalue weighted by molar-refractivity contribution is 8.01. The summed E-state index contributed by atoms with van der Waals surface area (Å²) in [5, 5.41) is 5.84. The third-order valence-corrected chi connectivity index (χ3v) is 5.28.